The molecule has 19 heavy (non-hydrogen) atoms. The summed E-state index contributed by atoms with van der Waals surface area (Å²) in [6, 6.07) is 5.50. The van der Waals surface area contributed by atoms with Crippen LogP contribution in [0, 0.1) is 0 Å². The van der Waals surface area contributed by atoms with Gasteiger partial charge in [-0.3, -0.25) is 4.79 Å². The number of likely N-dealkylation sites (tertiary alicyclic amines) is 1. The minimum absolute atomic E-state index is 0.0126. The molecule has 2 heterocycles. The van der Waals surface area contributed by atoms with Crippen molar-refractivity contribution in [2.75, 3.05) is 19.7 Å². The molecule has 100 valence electrons. The zero-order chi connectivity index (χ0) is 13.4. The number of carbonyl (C=O) groups excluding carboxylic acids is 1. The summed E-state index contributed by atoms with van der Waals surface area (Å²) in [6.45, 7) is 1.65. The zero-order valence-electron chi connectivity index (χ0n) is 10.4. The van der Waals surface area contributed by atoms with E-state index in [1.165, 1.54) is 0 Å². The fourth-order valence-electron chi connectivity index (χ4n) is 2.45. The van der Waals surface area contributed by atoms with Gasteiger partial charge in [0.2, 0.25) is 0 Å². The van der Waals surface area contributed by atoms with Gasteiger partial charge in [0.15, 0.2) is 0 Å². The minimum atomic E-state index is 0.0126. The van der Waals surface area contributed by atoms with E-state index in [1.54, 1.807) is 17.0 Å². The summed E-state index contributed by atoms with van der Waals surface area (Å²) in [6.07, 6.45) is 2.72. The van der Waals surface area contributed by atoms with Crippen LogP contribution in [0.4, 0.5) is 0 Å². The smallest absolute Gasteiger partial charge is 0.253 e. The van der Waals surface area contributed by atoms with Gasteiger partial charge in [-0.2, -0.15) is 0 Å². The first-order valence-electron chi connectivity index (χ1n) is 6.31. The average molecular weight is 279 g/mol. The van der Waals surface area contributed by atoms with E-state index in [2.05, 4.69) is 0 Å². The normalized spacial score (nSPS) is 21.7. The molecule has 0 bridgehead atoms. The van der Waals surface area contributed by atoms with Crippen LogP contribution >= 0.6 is 11.6 Å². The van der Waals surface area contributed by atoms with Crippen LogP contribution < -0.4 is 10.5 Å². The van der Waals surface area contributed by atoms with Crippen molar-refractivity contribution in [3.63, 3.8) is 0 Å². The van der Waals surface area contributed by atoms with Gasteiger partial charge in [-0.15, -0.1) is 0 Å². The second kappa shape index (κ2) is 4.87. The number of hydrogen-bond donors (Lipinski definition) is 1. The molecule has 0 saturated carbocycles. The van der Waals surface area contributed by atoms with Gasteiger partial charge in [-0.1, -0.05) is 11.6 Å². The Hall–Kier alpha value is -1.52. The number of amides is 1. The Morgan fingerprint density at radius 1 is 1.47 bits per heavy atom. The molecular formula is C14H15ClN2O2. The van der Waals surface area contributed by atoms with E-state index in [0.717, 1.165) is 24.3 Å². The number of halogens is 1. The average Bonchev–Trinajstić information content (AvgIpc) is 2.83. The van der Waals surface area contributed by atoms with E-state index in [4.69, 9.17) is 22.1 Å². The van der Waals surface area contributed by atoms with Crippen LogP contribution in [0.15, 0.2) is 23.8 Å². The lowest BCUT2D eigenvalue weighted by molar-refractivity contribution is -0.126. The van der Waals surface area contributed by atoms with E-state index in [9.17, 15) is 4.79 Å². The summed E-state index contributed by atoms with van der Waals surface area (Å²) in [5.74, 6) is 0.776. The van der Waals surface area contributed by atoms with Gasteiger partial charge >= 0.3 is 0 Å². The van der Waals surface area contributed by atoms with Crippen molar-refractivity contribution in [1.29, 1.82) is 0 Å². The minimum Gasteiger partial charge on any atom is -0.488 e. The van der Waals surface area contributed by atoms with Gasteiger partial charge in [0.1, 0.15) is 12.4 Å². The third-order valence-electron chi connectivity index (χ3n) is 3.47. The number of benzene rings is 1. The van der Waals surface area contributed by atoms with Crippen LogP contribution in [0.5, 0.6) is 5.75 Å². The number of nitrogens with two attached hydrogens (primary N) is 1. The van der Waals surface area contributed by atoms with Gasteiger partial charge in [0, 0.05) is 29.7 Å². The summed E-state index contributed by atoms with van der Waals surface area (Å²) < 4.78 is 5.59. The second-order valence-corrected chi connectivity index (χ2v) is 5.38. The molecular weight excluding hydrogens is 264 g/mol. The molecule has 0 spiro atoms. The van der Waals surface area contributed by atoms with Crippen molar-refractivity contribution in [2.45, 2.75) is 12.5 Å². The first-order chi connectivity index (χ1) is 9.13. The molecule has 0 aromatic heterocycles. The molecule has 1 aromatic rings. The van der Waals surface area contributed by atoms with Crippen LogP contribution in [0.1, 0.15) is 12.0 Å². The van der Waals surface area contributed by atoms with Crippen LogP contribution in [-0.4, -0.2) is 36.5 Å². The predicted octanol–water partition coefficient (Wildman–Crippen LogP) is 1.68. The molecule has 1 fully saturated rings. The number of fused-ring (bicyclic) bond motifs is 1. The summed E-state index contributed by atoms with van der Waals surface area (Å²) in [4.78, 5) is 14.1. The van der Waals surface area contributed by atoms with Crippen molar-refractivity contribution >= 4 is 23.6 Å². The van der Waals surface area contributed by atoms with Gasteiger partial charge in [-0.25, -0.2) is 0 Å². The molecule has 1 amide bonds. The van der Waals surface area contributed by atoms with E-state index in [-0.39, 0.29) is 11.9 Å². The third kappa shape index (κ3) is 2.46. The molecule has 0 aliphatic carbocycles. The number of carbonyl (C=O) groups is 1. The van der Waals surface area contributed by atoms with Crippen molar-refractivity contribution in [1.82, 2.24) is 4.90 Å². The standard InChI is InChI=1S/C14H15ClN2O2/c15-11-1-2-13-9(6-11)5-10(8-19-13)14(18)17-4-3-12(16)7-17/h1-2,5-6,12H,3-4,7-8,16H2/t12-/m1/s1. The van der Waals surface area contributed by atoms with Gasteiger partial charge < -0.3 is 15.4 Å². The maximum absolute atomic E-state index is 12.3. The zero-order valence-corrected chi connectivity index (χ0v) is 11.2. The third-order valence-corrected chi connectivity index (χ3v) is 3.71. The predicted molar refractivity (Wildman–Crippen MR) is 74.1 cm³/mol. The topological polar surface area (TPSA) is 55.6 Å². The Kier molecular flexibility index (Phi) is 3.21. The van der Waals surface area contributed by atoms with Gasteiger partial charge in [-0.05, 0) is 30.7 Å². The molecule has 0 radical (unpaired) electrons. The summed E-state index contributed by atoms with van der Waals surface area (Å²) in [5.41, 5.74) is 7.34. The first-order valence-corrected chi connectivity index (χ1v) is 6.69. The molecule has 1 aromatic carbocycles. The fourth-order valence-corrected chi connectivity index (χ4v) is 2.63. The highest BCUT2D eigenvalue weighted by atomic mass is 35.5. The van der Waals surface area contributed by atoms with E-state index in [1.807, 2.05) is 12.1 Å². The SMILES string of the molecule is N[C@@H]1CCN(C(=O)C2=Cc3cc(Cl)ccc3OC2)C1. The lowest BCUT2D eigenvalue weighted by Crippen LogP contribution is -2.34. The Morgan fingerprint density at radius 3 is 3.05 bits per heavy atom. The molecule has 0 unspecified atom stereocenters. The van der Waals surface area contributed by atoms with Crippen LogP contribution in [0.25, 0.3) is 6.08 Å². The van der Waals surface area contributed by atoms with E-state index >= 15 is 0 Å². The molecule has 4 nitrogen and oxygen atoms in total. The Morgan fingerprint density at radius 2 is 2.32 bits per heavy atom. The molecule has 5 heteroatoms. The largest absolute Gasteiger partial charge is 0.488 e. The lowest BCUT2D eigenvalue weighted by atomic mass is 10.1. The van der Waals surface area contributed by atoms with Crippen molar-refractivity contribution in [3.8, 4) is 5.75 Å². The lowest BCUT2D eigenvalue weighted by Gasteiger charge is -2.22. The highest BCUT2D eigenvalue weighted by Gasteiger charge is 2.27. The van der Waals surface area contributed by atoms with Crippen LogP contribution in [0.2, 0.25) is 5.02 Å². The maximum Gasteiger partial charge on any atom is 0.253 e. The number of ether oxygens (including phenoxy) is 1. The Bertz CT molecular complexity index is 556. The number of hydrogen-bond acceptors (Lipinski definition) is 3. The van der Waals surface area contributed by atoms with Crippen molar-refractivity contribution < 1.29 is 9.53 Å². The van der Waals surface area contributed by atoms with Gasteiger partial charge in [0.05, 0.1) is 5.57 Å². The van der Waals surface area contributed by atoms with E-state index in [0.29, 0.717) is 23.7 Å². The highest BCUT2D eigenvalue weighted by Crippen LogP contribution is 2.29. The number of nitrogens with zero attached hydrogens (tertiary/aromatic N) is 1. The molecule has 2 aliphatic rings. The highest BCUT2D eigenvalue weighted by molar-refractivity contribution is 6.30. The summed E-state index contributed by atoms with van der Waals surface area (Å²) in [7, 11) is 0. The molecule has 1 saturated heterocycles. The molecule has 2 N–H and O–H groups in total. The van der Waals surface area contributed by atoms with Gasteiger partial charge in [0.25, 0.3) is 5.91 Å². The van der Waals surface area contributed by atoms with Crippen molar-refractivity contribution in [2.24, 2.45) is 5.73 Å². The molecule has 3 rings (SSSR count). The molecule has 1 atom stereocenters. The molecule has 2 aliphatic heterocycles. The monoisotopic (exact) mass is 278 g/mol. The first kappa shape index (κ1) is 12.5. The summed E-state index contributed by atoms with van der Waals surface area (Å²) >= 11 is 5.95. The second-order valence-electron chi connectivity index (χ2n) is 4.94. The Labute approximate surface area is 116 Å². The van der Waals surface area contributed by atoms with Crippen LogP contribution in [0.3, 0.4) is 0 Å². The maximum atomic E-state index is 12.3. The van der Waals surface area contributed by atoms with Crippen molar-refractivity contribution in [3.05, 3.63) is 34.4 Å². The van der Waals surface area contributed by atoms with E-state index < -0.39 is 0 Å². The summed E-state index contributed by atoms with van der Waals surface area (Å²) in [5, 5.41) is 0.635. The Balaban J connectivity index is 1.84. The van der Waals surface area contributed by atoms with Crippen LogP contribution in [-0.2, 0) is 4.79 Å². The number of rotatable bonds is 1. The quantitative estimate of drug-likeness (QED) is 0.850. The fraction of sp³-hybridized carbons (Fsp3) is 0.357.